The van der Waals surface area contributed by atoms with Crippen LogP contribution >= 0.6 is 11.3 Å². The Morgan fingerprint density at radius 1 is 1.31 bits per heavy atom. The zero-order valence-electron chi connectivity index (χ0n) is 14.9. The number of primary amides is 1. The van der Waals surface area contributed by atoms with E-state index in [1.54, 1.807) is 25.4 Å². The molecule has 3 atom stereocenters. The van der Waals surface area contributed by atoms with Gasteiger partial charge >= 0.3 is 6.03 Å². The molecule has 26 heavy (non-hydrogen) atoms. The fourth-order valence-corrected chi connectivity index (χ4v) is 3.03. The minimum atomic E-state index is -0.987. The van der Waals surface area contributed by atoms with Gasteiger partial charge in [-0.1, -0.05) is 13.8 Å². The maximum absolute atomic E-state index is 12.6. The van der Waals surface area contributed by atoms with Gasteiger partial charge in [-0.15, -0.1) is 11.3 Å². The summed E-state index contributed by atoms with van der Waals surface area (Å²) in [5.41, 5.74) is 15.7. The summed E-state index contributed by atoms with van der Waals surface area (Å²) in [5, 5.41) is 18.0. The third-order valence-electron chi connectivity index (χ3n) is 3.63. The maximum Gasteiger partial charge on any atom is 0.312 e. The number of urea groups is 1. The standard InChI is InChI=1S/C15H27N7O3S/c1-8(2)10(22-15(18)25)12(24)21-9(4-3-5-20-14(16)17)11(23)13-19-6-7-26-13/h6-11,23H,3-5H2,1-2H3,(H,21,24)(H4,16,17,20)(H3,18,22,25). The third kappa shape index (κ3) is 7.23. The van der Waals surface area contributed by atoms with Gasteiger partial charge in [0.1, 0.15) is 17.2 Å². The van der Waals surface area contributed by atoms with Crippen molar-refractivity contribution in [1.82, 2.24) is 15.6 Å². The number of hydrogen-bond donors (Lipinski definition) is 6. The van der Waals surface area contributed by atoms with Crippen LogP contribution in [-0.4, -0.2) is 46.6 Å². The Morgan fingerprint density at radius 3 is 2.50 bits per heavy atom. The van der Waals surface area contributed by atoms with Crippen LogP contribution in [0.5, 0.6) is 0 Å². The monoisotopic (exact) mass is 385 g/mol. The van der Waals surface area contributed by atoms with Gasteiger partial charge in [0.15, 0.2) is 5.96 Å². The second-order valence-electron chi connectivity index (χ2n) is 6.11. The predicted octanol–water partition coefficient (Wildman–Crippen LogP) is -0.592. The highest BCUT2D eigenvalue weighted by molar-refractivity contribution is 7.09. The van der Waals surface area contributed by atoms with Gasteiger partial charge in [0.05, 0.1) is 6.04 Å². The van der Waals surface area contributed by atoms with Crippen molar-refractivity contribution < 1.29 is 14.7 Å². The van der Waals surface area contributed by atoms with E-state index in [1.807, 2.05) is 0 Å². The van der Waals surface area contributed by atoms with E-state index in [0.717, 1.165) is 0 Å². The number of thiazole rings is 1. The number of guanidine groups is 1. The zero-order chi connectivity index (χ0) is 19.7. The number of carbonyl (C=O) groups excluding carboxylic acids is 2. The van der Waals surface area contributed by atoms with E-state index in [1.165, 1.54) is 11.3 Å². The van der Waals surface area contributed by atoms with Crippen molar-refractivity contribution in [1.29, 1.82) is 0 Å². The maximum atomic E-state index is 12.6. The molecule has 11 heteroatoms. The Hall–Kier alpha value is -2.40. The number of aromatic nitrogens is 1. The molecular formula is C15H27N7O3S. The van der Waals surface area contributed by atoms with Gasteiger partial charge in [-0.3, -0.25) is 9.79 Å². The van der Waals surface area contributed by atoms with Gasteiger partial charge in [-0.05, 0) is 18.8 Å². The molecule has 146 valence electrons. The van der Waals surface area contributed by atoms with Crippen LogP contribution < -0.4 is 27.8 Å². The van der Waals surface area contributed by atoms with Crippen LogP contribution in [0.2, 0.25) is 0 Å². The van der Waals surface area contributed by atoms with Crippen molar-refractivity contribution in [2.45, 2.75) is 44.9 Å². The van der Waals surface area contributed by atoms with Crippen molar-refractivity contribution >= 4 is 29.2 Å². The molecule has 0 fully saturated rings. The molecular weight excluding hydrogens is 358 g/mol. The first kappa shape index (κ1) is 21.6. The molecule has 0 saturated carbocycles. The molecule has 0 aliphatic heterocycles. The summed E-state index contributed by atoms with van der Waals surface area (Å²) in [6.07, 6.45) is 1.55. The smallest absolute Gasteiger partial charge is 0.312 e. The minimum Gasteiger partial charge on any atom is -0.384 e. The highest BCUT2D eigenvalue weighted by Gasteiger charge is 2.29. The molecule has 1 aromatic heterocycles. The number of aliphatic imine (C=N–C) groups is 1. The highest BCUT2D eigenvalue weighted by Crippen LogP contribution is 2.22. The van der Waals surface area contributed by atoms with Crippen LogP contribution in [0.15, 0.2) is 16.6 Å². The Balaban J connectivity index is 2.83. The van der Waals surface area contributed by atoms with E-state index in [4.69, 9.17) is 17.2 Å². The summed E-state index contributed by atoms with van der Waals surface area (Å²) in [4.78, 5) is 31.7. The Bertz CT molecular complexity index is 602. The van der Waals surface area contributed by atoms with Gasteiger partial charge in [0.2, 0.25) is 5.91 Å². The van der Waals surface area contributed by atoms with Crippen molar-refractivity contribution in [2.75, 3.05) is 6.54 Å². The number of nitrogens with zero attached hydrogens (tertiary/aromatic N) is 2. The molecule has 0 aliphatic carbocycles. The van der Waals surface area contributed by atoms with E-state index in [0.29, 0.717) is 24.4 Å². The zero-order valence-corrected chi connectivity index (χ0v) is 15.7. The lowest BCUT2D eigenvalue weighted by molar-refractivity contribution is -0.125. The quantitative estimate of drug-likeness (QED) is 0.178. The predicted molar refractivity (Wildman–Crippen MR) is 100 cm³/mol. The van der Waals surface area contributed by atoms with Crippen LogP contribution in [0.4, 0.5) is 4.79 Å². The fraction of sp³-hybridized carbons (Fsp3) is 0.600. The number of aliphatic hydroxyl groups is 1. The molecule has 1 aromatic rings. The van der Waals surface area contributed by atoms with Crippen LogP contribution in [0.1, 0.15) is 37.8 Å². The molecule has 9 N–H and O–H groups in total. The average Bonchev–Trinajstić information content (AvgIpc) is 3.08. The van der Waals surface area contributed by atoms with Crippen LogP contribution in [0.25, 0.3) is 0 Å². The number of nitrogens with two attached hydrogens (primary N) is 3. The molecule has 10 nitrogen and oxygen atoms in total. The molecule has 0 spiro atoms. The van der Waals surface area contributed by atoms with Gasteiger partial charge in [-0.2, -0.15) is 0 Å². The van der Waals surface area contributed by atoms with Crippen LogP contribution in [0.3, 0.4) is 0 Å². The molecule has 1 heterocycles. The molecule has 0 aliphatic rings. The molecule has 0 saturated heterocycles. The van der Waals surface area contributed by atoms with E-state index in [-0.39, 0.29) is 11.9 Å². The first-order valence-electron chi connectivity index (χ1n) is 8.21. The Morgan fingerprint density at radius 2 is 2.00 bits per heavy atom. The highest BCUT2D eigenvalue weighted by atomic mass is 32.1. The summed E-state index contributed by atoms with van der Waals surface area (Å²) in [7, 11) is 0. The number of amides is 3. The van der Waals surface area contributed by atoms with Crippen molar-refractivity contribution in [3.8, 4) is 0 Å². The molecule has 0 aromatic carbocycles. The minimum absolute atomic E-state index is 0.0170. The Kier molecular flexibility index (Phi) is 8.79. The van der Waals surface area contributed by atoms with Gasteiger partial charge in [-0.25, -0.2) is 9.78 Å². The average molecular weight is 385 g/mol. The first-order chi connectivity index (χ1) is 12.2. The summed E-state index contributed by atoms with van der Waals surface area (Å²) in [5.74, 6) is -0.625. The number of rotatable bonds is 10. The summed E-state index contributed by atoms with van der Waals surface area (Å²) in [6, 6.07) is -2.21. The second-order valence-corrected chi connectivity index (χ2v) is 7.04. The third-order valence-corrected chi connectivity index (χ3v) is 4.47. The first-order valence-corrected chi connectivity index (χ1v) is 9.09. The lowest BCUT2D eigenvalue weighted by Crippen LogP contribution is -2.54. The number of hydrogen-bond acceptors (Lipinski definition) is 6. The number of carbonyl (C=O) groups is 2. The van der Waals surface area contributed by atoms with Crippen molar-refractivity contribution in [3.63, 3.8) is 0 Å². The van der Waals surface area contributed by atoms with Crippen molar-refractivity contribution in [3.05, 3.63) is 16.6 Å². The molecule has 3 amide bonds. The van der Waals surface area contributed by atoms with E-state index < -0.39 is 30.1 Å². The van der Waals surface area contributed by atoms with Crippen LogP contribution in [-0.2, 0) is 4.79 Å². The van der Waals surface area contributed by atoms with Gasteiger partial charge in [0, 0.05) is 18.1 Å². The molecule has 1 rings (SSSR count). The molecule has 3 unspecified atom stereocenters. The lowest BCUT2D eigenvalue weighted by atomic mass is 10.0. The summed E-state index contributed by atoms with van der Waals surface area (Å²) >= 11 is 1.29. The number of aliphatic hydroxyl groups excluding tert-OH is 1. The molecule has 0 bridgehead atoms. The summed E-state index contributed by atoms with van der Waals surface area (Å²) < 4.78 is 0. The summed E-state index contributed by atoms with van der Waals surface area (Å²) in [6.45, 7) is 3.93. The second kappa shape index (κ2) is 10.6. The van der Waals surface area contributed by atoms with Crippen LogP contribution in [0, 0.1) is 5.92 Å². The largest absolute Gasteiger partial charge is 0.384 e. The van der Waals surface area contributed by atoms with E-state index >= 15 is 0 Å². The Labute approximate surface area is 156 Å². The number of nitrogens with one attached hydrogen (secondary N) is 2. The van der Waals surface area contributed by atoms with Gasteiger partial charge < -0.3 is 32.9 Å². The lowest BCUT2D eigenvalue weighted by Gasteiger charge is -2.27. The fourth-order valence-electron chi connectivity index (χ4n) is 2.34. The normalized spacial score (nSPS) is 14.3. The SMILES string of the molecule is CC(C)C(NC(N)=O)C(=O)NC(CCCN=C(N)N)C(O)c1nccs1. The van der Waals surface area contributed by atoms with E-state index in [9.17, 15) is 14.7 Å². The van der Waals surface area contributed by atoms with E-state index in [2.05, 4.69) is 20.6 Å². The van der Waals surface area contributed by atoms with Gasteiger partial charge in [0.25, 0.3) is 0 Å². The molecule has 0 radical (unpaired) electrons. The topological polar surface area (TPSA) is 182 Å². The van der Waals surface area contributed by atoms with Crippen molar-refractivity contribution in [2.24, 2.45) is 28.1 Å².